The summed E-state index contributed by atoms with van der Waals surface area (Å²) in [4.78, 5) is 42.3. The molecule has 0 aromatic heterocycles. The predicted molar refractivity (Wildman–Crippen MR) is 147 cm³/mol. The smallest absolute Gasteiger partial charge is 0.317 e. The van der Waals surface area contributed by atoms with Crippen LogP contribution >= 0.6 is 0 Å². The van der Waals surface area contributed by atoms with Crippen molar-refractivity contribution in [2.24, 2.45) is 5.92 Å². The summed E-state index contributed by atoms with van der Waals surface area (Å²) in [5.74, 6) is -0.948. The SMILES string of the molecule is CC(C)C(=O)Nc1ccc(N2CCN(C(=O)NC3CCCCC3)CC2)c(C(=O)NCc2ccc(F)cc2)c1. The third-order valence-corrected chi connectivity index (χ3v) is 7.24. The summed E-state index contributed by atoms with van der Waals surface area (Å²) in [6, 6.07) is 11.6. The third kappa shape index (κ3) is 7.24. The van der Waals surface area contributed by atoms with E-state index in [1.54, 1.807) is 24.3 Å². The van der Waals surface area contributed by atoms with Crippen LogP contribution in [0.2, 0.25) is 0 Å². The average Bonchev–Trinajstić information content (AvgIpc) is 2.93. The highest BCUT2D eigenvalue weighted by atomic mass is 19.1. The molecule has 0 spiro atoms. The fourth-order valence-electron chi connectivity index (χ4n) is 4.90. The summed E-state index contributed by atoms with van der Waals surface area (Å²) in [6.07, 6.45) is 5.66. The molecule has 0 unspecified atom stereocenters. The fourth-order valence-corrected chi connectivity index (χ4v) is 4.90. The van der Waals surface area contributed by atoms with Gasteiger partial charge in [0.2, 0.25) is 5.91 Å². The lowest BCUT2D eigenvalue weighted by molar-refractivity contribution is -0.118. The maximum Gasteiger partial charge on any atom is 0.317 e. The Balaban J connectivity index is 1.45. The highest BCUT2D eigenvalue weighted by Gasteiger charge is 2.26. The van der Waals surface area contributed by atoms with Gasteiger partial charge in [0.25, 0.3) is 5.91 Å². The number of benzene rings is 2. The Morgan fingerprint density at radius 1 is 0.947 bits per heavy atom. The number of nitrogens with one attached hydrogen (secondary N) is 3. The van der Waals surface area contributed by atoms with E-state index in [1.807, 2.05) is 24.8 Å². The van der Waals surface area contributed by atoms with Crippen molar-refractivity contribution in [3.8, 4) is 0 Å². The van der Waals surface area contributed by atoms with E-state index in [4.69, 9.17) is 0 Å². The van der Waals surface area contributed by atoms with Gasteiger partial charge in [-0.15, -0.1) is 0 Å². The van der Waals surface area contributed by atoms with Gasteiger partial charge in [0.1, 0.15) is 5.82 Å². The molecule has 9 heteroatoms. The molecule has 0 radical (unpaired) electrons. The van der Waals surface area contributed by atoms with Crippen LogP contribution < -0.4 is 20.9 Å². The fraction of sp³-hybridized carbons (Fsp3) is 0.483. The molecule has 4 amide bonds. The van der Waals surface area contributed by atoms with E-state index in [-0.39, 0.29) is 42.2 Å². The summed E-state index contributed by atoms with van der Waals surface area (Å²) in [5, 5.41) is 8.97. The largest absolute Gasteiger partial charge is 0.367 e. The zero-order valence-corrected chi connectivity index (χ0v) is 22.3. The molecule has 1 saturated heterocycles. The first kappa shape index (κ1) is 27.4. The number of amides is 4. The number of hydrogen-bond donors (Lipinski definition) is 3. The van der Waals surface area contributed by atoms with Gasteiger partial charge in [-0.2, -0.15) is 0 Å². The van der Waals surface area contributed by atoms with E-state index in [1.165, 1.54) is 31.4 Å². The van der Waals surface area contributed by atoms with Crippen LogP contribution in [0.15, 0.2) is 42.5 Å². The van der Waals surface area contributed by atoms with E-state index in [0.29, 0.717) is 37.4 Å². The third-order valence-electron chi connectivity index (χ3n) is 7.24. The van der Waals surface area contributed by atoms with Crippen molar-refractivity contribution >= 4 is 29.2 Å². The first-order valence-corrected chi connectivity index (χ1v) is 13.6. The van der Waals surface area contributed by atoms with Gasteiger partial charge >= 0.3 is 6.03 Å². The van der Waals surface area contributed by atoms with Gasteiger partial charge in [0.05, 0.1) is 5.56 Å². The maximum atomic E-state index is 13.3. The molecule has 38 heavy (non-hydrogen) atoms. The molecule has 1 aliphatic carbocycles. The van der Waals surface area contributed by atoms with Crippen molar-refractivity contribution in [1.82, 2.24) is 15.5 Å². The first-order chi connectivity index (χ1) is 18.3. The zero-order chi connectivity index (χ0) is 27.1. The Labute approximate surface area is 224 Å². The maximum absolute atomic E-state index is 13.3. The van der Waals surface area contributed by atoms with Crippen molar-refractivity contribution < 1.29 is 18.8 Å². The molecule has 3 N–H and O–H groups in total. The Kier molecular flexibility index (Phi) is 9.20. The standard InChI is InChI=1S/C29H38FN5O3/c1-20(2)27(36)32-24-12-13-26(25(18-24)28(37)31-19-21-8-10-22(30)11-9-21)34-14-16-35(17-15-34)29(38)33-23-6-4-3-5-7-23/h8-13,18,20,23H,3-7,14-17,19H2,1-2H3,(H,31,37)(H,32,36)(H,33,38). The minimum Gasteiger partial charge on any atom is -0.367 e. The van der Waals surface area contributed by atoms with Crippen LogP contribution in [-0.2, 0) is 11.3 Å². The highest BCUT2D eigenvalue weighted by molar-refractivity contribution is 6.02. The number of nitrogens with zero attached hydrogens (tertiary/aromatic N) is 2. The number of piperazine rings is 1. The minimum atomic E-state index is -0.331. The molecular formula is C29H38FN5O3. The van der Waals surface area contributed by atoms with Crippen LogP contribution in [0.4, 0.5) is 20.6 Å². The molecule has 0 bridgehead atoms. The topological polar surface area (TPSA) is 93.8 Å². The van der Waals surface area contributed by atoms with E-state index < -0.39 is 0 Å². The van der Waals surface area contributed by atoms with E-state index >= 15 is 0 Å². The average molecular weight is 524 g/mol. The number of rotatable bonds is 7. The number of anilines is 2. The van der Waals surface area contributed by atoms with Crippen molar-refractivity contribution in [1.29, 1.82) is 0 Å². The molecule has 1 aliphatic heterocycles. The van der Waals surface area contributed by atoms with E-state index in [0.717, 1.165) is 24.1 Å². The lowest BCUT2D eigenvalue weighted by Gasteiger charge is -2.37. The molecule has 2 aromatic rings. The second-order valence-corrected chi connectivity index (χ2v) is 10.4. The summed E-state index contributed by atoms with van der Waals surface area (Å²) in [6.45, 7) is 6.16. The van der Waals surface area contributed by atoms with Crippen molar-refractivity contribution in [3.63, 3.8) is 0 Å². The molecule has 2 fully saturated rings. The molecule has 1 heterocycles. The molecule has 204 valence electrons. The zero-order valence-electron chi connectivity index (χ0n) is 22.3. The Bertz CT molecular complexity index is 1120. The summed E-state index contributed by atoms with van der Waals surface area (Å²) < 4.78 is 13.3. The number of urea groups is 1. The van der Waals surface area contributed by atoms with Crippen LogP contribution in [0.25, 0.3) is 0 Å². The van der Waals surface area contributed by atoms with Gasteiger partial charge in [0, 0.05) is 56.1 Å². The number of carbonyl (C=O) groups excluding carboxylic acids is 3. The van der Waals surface area contributed by atoms with Gasteiger partial charge in [-0.3, -0.25) is 9.59 Å². The molecule has 2 aromatic carbocycles. The Morgan fingerprint density at radius 3 is 2.29 bits per heavy atom. The van der Waals surface area contributed by atoms with Crippen LogP contribution in [0.3, 0.4) is 0 Å². The van der Waals surface area contributed by atoms with Crippen molar-refractivity contribution in [3.05, 3.63) is 59.4 Å². The minimum absolute atomic E-state index is 0.0134. The summed E-state index contributed by atoms with van der Waals surface area (Å²) >= 11 is 0. The quantitative estimate of drug-likeness (QED) is 0.498. The highest BCUT2D eigenvalue weighted by Crippen LogP contribution is 2.27. The summed E-state index contributed by atoms with van der Waals surface area (Å²) in [5.41, 5.74) is 2.51. The van der Waals surface area contributed by atoms with Crippen molar-refractivity contribution in [2.75, 3.05) is 36.4 Å². The molecule has 1 saturated carbocycles. The van der Waals surface area contributed by atoms with Crippen LogP contribution in [-0.4, -0.2) is 55.0 Å². The lowest BCUT2D eigenvalue weighted by Crippen LogP contribution is -2.54. The monoisotopic (exact) mass is 523 g/mol. The van der Waals surface area contributed by atoms with Gasteiger partial charge in [0.15, 0.2) is 0 Å². The van der Waals surface area contributed by atoms with Gasteiger partial charge in [-0.25, -0.2) is 9.18 Å². The molecule has 4 rings (SSSR count). The van der Waals surface area contributed by atoms with Gasteiger partial charge < -0.3 is 25.8 Å². The number of carbonyl (C=O) groups is 3. The number of hydrogen-bond acceptors (Lipinski definition) is 4. The van der Waals surface area contributed by atoms with Crippen LogP contribution in [0, 0.1) is 11.7 Å². The van der Waals surface area contributed by atoms with Crippen LogP contribution in [0.1, 0.15) is 61.9 Å². The van der Waals surface area contributed by atoms with Gasteiger partial charge in [-0.05, 0) is 48.7 Å². The normalized spacial score (nSPS) is 16.3. The van der Waals surface area contributed by atoms with E-state index in [9.17, 15) is 18.8 Å². The van der Waals surface area contributed by atoms with E-state index in [2.05, 4.69) is 20.9 Å². The predicted octanol–water partition coefficient (Wildman–Crippen LogP) is 4.51. The Morgan fingerprint density at radius 2 is 1.63 bits per heavy atom. The second-order valence-electron chi connectivity index (χ2n) is 10.4. The van der Waals surface area contributed by atoms with Crippen molar-refractivity contribution in [2.45, 2.75) is 58.5 Å². The molecule has 2 aliphatic rings. The second kappa shape index (κ2) is 12.8. The number of halogens is 1. The summed E-state index contributed by atoms with van der Waals surface area (Å²) in [7, 11) is 0. The lowest BCUT2D eigenvalue weighted by atomic mass is 9.96. The van der Waals surface area contributed by atoms with Crippen LogP contribution in [0.5, 0.6) is 0 Å². The van der Waals surface area contributed by atoms with Gasteiger partial charge in [-0.1, -0.05) is 45.2 Å². The molecular weight excluding hydrogens is 485 g/mol. The molecule has 0 atom stereocenters. The first-order valence-electron chi connectivity index (χ1n) is 13.6. The Hall–Kier alpha value is -3.62. The molecule has 8 nitrogen and oxygen atoms in total.